The molecule has 1 aromatic carbocycles. The minimum atomic E-state index is -0.932. The van der Waals surface area contributed by atoms with Crippen LogP contribution in [0.2, 0.25) is 0 Å². The molecular weight excluding hydrogens is 310 g/mol. The van der Waals surface area contributed by atoms with Crippen LogP contribution in [0.4, 0.5) is 5.69 Å². The SMILES string of the molecule is COc1ccc(C(=O)O[C@H](C)C(=O)Nc2c(C)nn(C)c2C)cc1. The van der Waals surface area contributed by atoms with E-state index in [1.807, 2.05) is 6.92 Å². The fraction of sp³-hybridized carbons (Fsp3) is 0.353. The van der Waals surface area contributed by atoms with E-state index in [0.717, 1.165) is 5.69 Å². The van der Waals surface area contributed by atoms with Gasteiger partial charge in [-0.2, -0.15) is 5.10 Å². The van der Waals surface area contributed by atoms with Crippen molar-refractivity contribution in [3.63, 3.8) is 0 Å². The van der Waals surface area contributed by atoms with E-state index >= 15 is 0 Å². The highest BCUT2D eigenvalue weighted by Crippen LogP contribution is 2.19. The molecule has 0 aliphatic heterocycles. The maximum atomic E-state index is 12.2. The van der Waals surface area contributed by atoms with Crippen LogP contribution in [0.5, 0.6) is 5.75 Å². The number of rotatable bonds is 5. The van der Waals surface area contributed by atoms with Crippen molar-refractivity contribution in [3.05, 3.63) is 41.2 Å². The number of carbonyl (C=O) groups is 2. The molecule has 0 aliphatic rings. The standard InChI is InChI=1S/C17H21N3O4/c1-10-15(11(2)20(4)19-10)18-16(21)12(3)24-17(22)13-6-8-14(23-5)9-7-13/h6-9,12H,1-5H3,(H,18,21)/t12-/m1/s1. The van der Waals surface area contributed by atoms with Gasteiger partial charge in [-0.1, -0.05) is 0 Å². The van der Waals surface area contributed by atoms with E-state index in [9.17, 15) is 9.59 Å². The summed E-state index contributed by atoms with van der Waals surface area (Å²) in [6.45, 7) is 5.18. The summed E-state index contributed by atoms with van der Waals surface area (Å²) < 4.78 is 11.9. The number of anilines is 1. The highest BCUT2D eigenvalue weighted by atomic mass is 16.5. The van der Waals surface area contributed by atoms with Crippen molar-refractivity contribution >= 4 is 17.6 Å². The lowest BCUT2D eigenvalue weighted by atomic mass is 10.2. The van der Waals surface area contributed by atoms with Crippen LogP contribution < -0.4 is 10.1 Å². The molecule has 2 rings (SSSR count). The van der Waals surface area contributed by atoms with Crippen LogP contribution >= 0.6 is 0 Å². The zero-order valence-corrected chi connectivity index (χ0v) is 14.4. The Hall–Kier alpha value is -2.83. The lowest BCUT2D eigenvalue weighted by molar-refractivity contribution is -0.123. The first-order valence-electron chi connectivity index (χ1n) is 7.49. The molecule has 24 heavy (non-hydrogen) atoms. The number of aromatic nitrogens is 2. The van der Waals surface area contributed by atoms with Crippen LogP contribution in [0.25, 0.3) is 0 Å². The predicted molar refractivity (Wildman–Crippen MR) is 89.2 cm³/mol. The Morgan fingerprint density at radius 1 is 1.21 bits per heavy atom. The first kappa shape index (κ1) is 17.5. The topological polar surface area (TPSA) is 82.4 Å². The molecule has 1 N–H and O–H groups in total. The molecule has 1 atom stereocenters. The molecule has 1 amide bonds. The van der Waals surface area contributed by atoms with Crippen molar-refractivity contribution in [3.8, 4) is 5.75 Å². The number of benzene rings is 1. The van der Waals surface area contributed by atoms with Gasteiger partial charge in [0.15, 0.2) is 6.10 Å². The molecule has 2 aromatic rings. The van der Waals surface area contributed by atoms with E-state index < -0.39 is 18.0 Å². The number of esters is 1. The molecule has 1 aromatic heterocycles. The highest BCUT2D eigenvalue weighted by molar-refractivity contribution is 5.98. The summed E-state index contributed by atoms with van der Waals surface area (Å²) in [5, 5.41) is 6.98. The molecule has 0 radical (unpaired) electrons. The molecular formula is C17H21N3O4. The van der Waals surface area contributed by atoms with Gasteiger partial charge in [-0.25, -0.2) is 4.79 Å². The number of amides is 1. The number of nitrogens with zero attached hydrogens (tertiary/aromatic N) is 2. The van der Waals surface area contributed by atoms with Gasteiger partial charge < -0.3 is 14.8 Å². The molecule has 0 bridgehead atoms. The zero-order chi connectivity index (χ0) is 17.9. The monoisotopic (exact) mass is 331 g/mol. The number of methoxy groups -OCH3 is 1. The van der Waals surface area contributed by atoms with Gasteiger partial charge in [-0.15, -0.1) is 0 Å². The van der Waals surface area contributed by atoms with Crippen LogP contribution in [0.15, 0.2) is 24.3 Å². The molecule has 7 nitrogen and oxygen atoms in total. The summed E-state index contributed by atoms with van der Waals surface area (Å²) in [6.07, 6.45) is -0.932. The van der Waals surface area contributed by atoms with Gasteiger partial charge in [0.25, 0.3) is 5.91 Å². The zero-order valence-electron chi connectivity index (χ0n) is 14.4. The average Bonchev–Trinajstić information content (AvgIpc) is 2.81. The Morgan fingerprint density at radius 2 is 1.83 bits per heavy atom. The Labute approximate surface area is 140 Å². The van der Waals surface area contributed by atoms with E-state index in [-0.39, 0.29) is 0 Å². The smallest absolute Gasteiger partial charge is 0.338 e. The summed E-state index contributed by atoms with van der Waals surface area (Å²) in [5.41, 5.74) is 2.52. The van der Waals surface area contributed by atoms with Crippen LogP contribution in [0.1, 0.15) is 28.7 Å². The van der Waals surface area contributed by atoms with Crippen LogP contribution in [0.3, 0.4) is 0 Å². The molecule has 0 unspecified atom stereocenters. The maximum Gasteiger partial charge on any atom is 0.338 e. The summed E-state index contributed by atoms with van der Waals surface area (Å²) >= 11 is 0. The lowest BCUT2D eigenvalue weighted by Gasteiger charge is -2.14. The third-order valence-electron chi connectivity index (χ3n) is 3.74. The normalized spacial score (nSPS) is 11.7. The lowest BCUT2D eigenvalue weighted by Crippen LogP contribution is -2.30. The fourth-order valence-electron chi connectivity index (χ4n) is 2.19. The minimum absolute atomic E-state index is 0.351. The van der Waals surface area contributed by atoms with Crippen molar-refractivity contribution in [1.82, 2.24) is 9.78 Å². The van der Waals surface area contributed by atoms with Crippen molar-refractivity contribution in [2.75, 3.05) is 12.4 Å². The van der Waals surface area contributed by atoms with Crippen molar-refractivity contribution in [2.45, 2.75) is 26.9 Å². The molecule has 0 aliphatic carbocycles. The third-order valence-corrected chi connectivity index (χ3v) is 3.74. The minimum Gasteiger partial charge on any atom is -0.497 e. The number of carbonyl (C=O) groups excluding carboxylic acids is 2. The summed E-state index contributed by atoms with van der Waals surface area (Å²) in [7, 11) is 3.34. The van der Waals surface area contributed by atoms with Crippen molar-refractivity contribution < 1.29 is 19.1 Å². The largest absolute Gasteiger partial charge is 0.497 e. The first-order chi connectivity index (χ1) is 11.3. The van der Waals surface area contributed by atoms with Gasteiger partial charge in [0.2, 0.25) is 0 Å². The van der Waals surface area contributed by atoms with Crippen LogP contribution in [-0.2, 0) is 16.6 Å². The predicted octanol–water partition coefficient (Wildman–Crippen LogP) is 2.23. The molecule has 1 heterocycles. The Balaban J connectivity index is 2.01. The third kappa shape index (κ3) is 3.73. The molecule has 0 saturated heterocycles. The van der Waals surface area contributed by atoms with E-state index in [0.29, 0.717) is 22.7 Å². The van der Waals surface area contributed by atoms with Gasteiger partial charge in [-0.05, 0) is 45.0 Å². The Bertz CT molecular complexity index is 750. The van der Waals surface area contributed by atoms with Crippen molar-refractivity contribution in [1.29, 1.82) is 0 Å². The number of ether oxygens (including phenoxy) is 2. The summed E-state index contributed by atoms with van der Waals surface area (Å²) in [5.74, 6) is -0.337. The van der Waals surface area contributed by atoms with E-state index in [2.05, 4.69) is 10.4 Å². The number of hydrogen-bond donors (Lipinski definition) is 1. The van der Waals surface area contributed by atoms with Crippen LogP contribution in [0, 0.1) is 13.8 Å². The second kappa shape index (κ2) is 7.16. The van der Waals surface area contributed by atoms with Gasteiger partial charge in [0, 0.05) is 7.05 Å². The maximum absolute atomic E-state index is 12.2. The van der Waals surface area contributed by atoms with Crippen molar-refractivity contribution in [2.24, 2.45) is 7.05 Å². The van der Waals surface area contributed by atoms with E-state index in [1.54, 1.807) is 50.0 Å². The molecule has 0 saturated carbocycles. The fourth-order valence-corrected chi connectivity index (χ4v) is 2.19. The Kier molecular flexibility index (Phi) is 5.23. The number of hydrogen-bond acceptors (Lipinski definition) is 5. The van der Waals surface area contributed by atoms with Crippen LogP contribution in [-0.4, -0.2) is 34.9 Å². The number of aryl methyl sites for hydroxylation is 2. The Morgan fingerprint density at radius 3 is 2.33 bits per heavy atom. The van der Waals surface area contributed by atoms with Gasteiger partial charge in [0.1, 0.15) is 5.75 Å². The number of nitrogens with one attached hydrogen (secondary N) is 1. The second-order valence-electron chi connectivity index (χ2n) is 5.43. The second-order valence-corrected chi connectivity index (χ2v) is 5.43. The molecule has 7 heteroatoms. The summed E-state index contributed by atoms with van der Waals surface area (Å²) in [4.78, 5) is 24.3. The van der Waals surface area contributed by atoms with E-state index in [1.165, 1.54) is 6.92 Å². The molecule has 0 spiro atoms. The van der Waals surface area contributed by atoms with E-state index in [4.69, 9.17) is 9.47 Å². The average molecular weight is 331 g/mol. The summed E-state index contributed by atoms with van der Waals surface area (Å²) in [6, 6.07) is 6.48. The van der Waals surface area contributed by atoms with Gasteiger partial charge in [0.05, 0.1) is 29.7 Å². The van der Waals surface area contributed by atoms with Gasteiger partial charge in [-0.3, -0.25) is 9.48 Å². The first-order valence-corrected chi connectivity index (χ1v) is 7.49. The molecule has 128 valence electrons. The van der Waals surface area contributed by atoms with Gasteiger partial charge >= 0.3 is 5.97 Å². The quantitative estimate of drug-likeness (QED) is 0.850. The molecule has 0 fully saturated rings. The highest BCUT2D eigenvalue weighted by Gasteiger charge is 2.21.